The normalized spacial score (nSPS) is 16.7. The van der Waals surface area contributed by atoms with Gasteiger partial charge in [-0.3, -0.25) is 4.90 Å². The van der Waals surface area contributed by atoms with E-state index in [9.17, 15) is 5.11 Å². The third kappa shape index (κ3) is 6.13. The SMILES string of the molecule is CC(C)CC[C@H](c1ccc(O)c(Cl)c1)N1CCNCC1.Cl.Cl. The maximum absolute atomic E-state index is 9.60. The number of phenolic OH excluding ortho intramolecular Hbond substituents is 1. The molecule has 0 amide bonds. The van der Waals surface area contributed by atoms with Crippen LogP contribution in [-0.4, -0.2) is 36.2 Å². The van der Waals surface area contributed by atoms with E-state index in [0.29, 0.717) is 17.0 Å². The number of piperazine rings is 1. The average Bonchev–Trinajstić information content (AvgIpc) is 2.44. The Hall–Kier alpha value is -0.190. The molecule has 0 aliphatic carbocycles. The number of hydrogen-bond donors (Lipinski definition) is 2. The van der Waals surface area contributed by atoms with Crippen molar-refractivity contribution >= 4 is 36.4 Å². The van der Waals surface area contributed by atoms with Gasteiger partial charge in [0.2, 0.25) is 0 Å². The van der Waals surface area contributed by atoms with E-state index in [0.717, 1.165) is 32.6 Å². The molecule has 2 N–H and O–H groups in total. The zero-order valence-corrected chi connectivity index (χ0v) is 15.6. The Kier molecular flexibility index (Phi) is 10.5. The van der Waals surface area contributed by atoms with Gasteiger partial charge in [0.25, 0.3) is 0 Å². The first-order valence-electron chi connectivity index (χ1n) is 7.51. The van der Waals surface area contributed by atoms with Crippen LogP contribution in [0, 0.1) is 5.92 Å². The molecule has 1 saturated heterocycles. The van der Waals surface area contributed by atoms with Crippen molar-refractivity contribution in [2.45, 2.75) is 32.7 Å². The molecule has 0 unspecified atom stereocenters. The molecule has 1 aliphatic rings. The maximum atomic E-state index is 9.60. The molecule has 0 saturated carbocycles. The van der Waals surface area contributed by atoms with Crippen LogP contribution in [0.5, 0.6) is 5.75 Å². The van der Waals surface area contributed by atoms with E-state index < -0.39 is 0 Å². The molecule has 1 aliphatic heterocycles. The monoisotopic (exact) mass is 368 g/mol. The number of phenols is 1. The minimum absolute atomic E-state index is 0. The lowest BCUT2D eigenvalue weighted by Gasteiger charge is -2.35. The highest BCUT2D eigenvalue weighted by Gasteiger charge is 2.22. The molecule has 0 bridgehead atoms. The van der Waals surface area contributed by atoms with Gasteiger partial charge in [0, 0.05) is 32.2 Å². The standard InChI is InChI=1S/C16H25ClN2O.2ClH/c1-12(2)3-5-15(19-9-7-18-8-10-19)13-4-6-16(20)14(17)11-13;;/h4,6,11-12,15,18,20H,3,5,7-10H2,1-2H3;2*1H/t15-;;/m1../s1. The summed E-state index contributed by atoms with van der Waals surface area (Å²) in [6, 6.07) is 6.04. The van der Waals surface area contributed by atoms with Crippen LogP contribution < -0.4 is 5.32 Å². The van der Waals surface area contributed by atoms with Crippen molar-refractivity contribution < 1.29 is 5.11 Å². The lowest BCUT2D eigenvalue weighted by molar-refractivity contribution is 0.160. The van der Waals surface area contributed by atoms with Crippen LogP contribution in [0.15, 0.2) is 18.2 Å². The fourth-order valence-electron chi connectivity index (χ4n) is 2.78. The number of hydrogen-bond acceptors (Lipinski definition) is 3. The third-order valence-corrected chi connectivity index (χ3v) is 4.27. The molecule has 6 heteroatoms. The number of rotatable bonds is 5. The number of benzene rings is 1. The summed E-state index contributed by atoms with van der Waals surface area (Å²) in [5, 5.41) is 13.4. The van der Waals surface area contributed by atoms with Crippen molar-refractivity contribution in [2.75, 3.05) is 26.2 Å². The molecule has 3 nitrogen and oxygen atoms in total. The van der Waals surface area contributed by atoms with Crippen molar-refractivity contribution in [2.24, 2.45) is 5.92 Å². The van der Waals surface area contributed by atoms with E-state index in [1.807, 2.05) is 12.1 Å². The molecule has 1 aromatic rings. The van der Waals surface area contributed by atoms with E-state index in [1.54, 1.807) is 6.07 Å². The summed E-state index contributed by atoms with van der Waals surface area (Å²) in [6.45, 7) is 8.76. The molecule has 2 rings (SSSR count). The van der Waals surface area contributed by atoms with E-state index in [1.165, 1.54) is 12.0 Å². The summed E-state index contributed by atoms with van der Waals surface area (Å²) in [7, 11) is 0. The largest absolute Gasteiger partial charge is 0.506 e. The van der Waals surface area contributed by atoms with Crippen molar-refractivity contribution in [3.63, 3.8) is 0 Å². The molecule has 1 heterocycles. The first kappa shape index (κ1) is 21.8. The second kappa shape index (κ2) is 10.6. The minimum Gasteiger partial charge on any atom is -0.506 e. The Balaban J connectivity index is 0.00000220. The van der Waals surface area contributed by atoms with E-state index in [2.05, 4.69) is 24.1 Å². The maximum Gasteiger partial charge on any atom is 0.134 e. The van der Waals surface area contributed by atoms with Gasteiger partial charge in [0.15, 0.2) is 0 Å². The topological polar surface area (TPSA) is 35.5 Å². The highest BCUT2D eigenvalue weighted by atomic mass is 35.5. The van der Waals surface area contributed by atoms with Crippen LogP contribution in [0.4, 0.5) is 0 Å². The van der Waals surface area contributed by atoms with Crippen LogP contribution in [0.3, 0.4) is 0 Å². The molecule has 0 spiro atoms. The second-order valence-electron chi connectivity index (χ2n) is 5.98. The third-order valence-electron chi connectivity index (χ3n) is 3.97. The number of aromatic hydroxyl groups is 1. The zero-order valence-electron chi connectivity index (χ0n) is 13.2. The minimum atomic E-state index is 0. The number of nitrogens with one attached hydrogen (secondary N) is 1. The fraction of sp³-hybridized carbons (Fsp3) is 0.625. The second-order valence-corrected chi connectivity index (χ2v) is 6.39. The number of nitrogens with zero attached hydrogens (tertiary/aromatic N) is 1. The van der Waals surface area contributed by atoms with E-state index in [4.69, 9.17) is 11.6 Å². The van der Waals surface area contributed by atoms with Gasteiger partial charge in [-0.05, 0) is 36.5 Å². The Morgan fingerprint density at radius 2 is 1.82 bits per heavy atom. The van der Waals surface area contributed by atoms with E-state index in [-0.39, 0.29) is 30.6 Å². The van der Waals surface area contributed by atoms with Gasteiger partial charge in [-0.25, -0.2) is 0 Å². The van der Waals surface area contributed by atoms with Gasteiger partial charge in [0.05, 0.1) is 5.02 Å². The predicted molar refractivity (Wildman–Crippen MR) is 98.9 cm³/mol. The van der Waals surface area contributed by atoms with Crippen molar-refractivity contribution in [3.8, 4) is 5.75 Å². The molecule has 1 fully saturated rings. The average molecular weight is 370 g/mol. The Morgan fingerprint density at radius 3 is 2.36 bits per heavy atom. The predicted octanol–water partition coefficient (Wildman–Crippen LogP) is 4.27. The summed E-state index contributed by atoms with van der Waals surface area (Å²) in [4.78, 5) is 2.53. The summed E-state index contributed by atoms with van der Waals surface area (Å²) in [5.41, 5.74) is 1.22. The Labute approximate surface area is 151 Å². The van der Waals surface area contributed by atoms with Crippen molar-refractivity contribution in [1.29, 1.82) is 0 Å². The van der Waals surface area contributed by atoms with Crippen LogP contribution in [0.1, 0.15) is 38.3 Å². The molecule has 22 heavy (non-hydrogen) atoms. The first-order chi connectivity index (χ1) is 9.58. The molecular weight excluding hydrogens is 343 g/mol. The highest BCUT2D eigenvalue weighted by Crippen LogP contribution is 2.32. The summed E-state index contributed by atoms with van der Waals surface area (Å²) in [6.07, 6.45) is 2.34. The van der Waals surface area contributed by atoms with Gasteiger partial charge in [0.1, 0.15) is 5.75 Å². The molecule has 1 aromatic carbocycles. The van der Waals surface area contributed by atoms with Crippen molar-refractivity contribution in [1.82, 2.24) is 10.2 Å². The van der Waals surface area contributed by atoms with Gasteiger partial charge < -0.3 is 10.4 Å². The van der Waals surface area contributed by atoms with Gasteiger partial charge in [-0.2, -0.15) is 0 Å². The van der Waals surface area contributed by atoms with E-state index >= 15 is 0 Å². The Bertz CT molecular complexity index is 437. The highest BCUT2D eigenvalue weighted by molar-refractivity contribution is 6.32. The van der Waals surface area contributed by atoms with Crippen LogP contribution in [-0.2, 0) is 0 Å². The molecular formula is C16H27Cl3N2O. The molecule has 128 valence electrons. The summed E-state index contributed by atoms with van der Waals surface area (Å²) in [5.74, 6) is 0.867. The summed E-state index contributed by atoms with van der Waals surface area (Å²) < 4.78 is 0. The van der Waals surface area contributed by atoms with Crippen LogP contribution >= 0.6 is 36.4 Å². The van der Waals surface area contributed by atoms with Gasteiger partial charge in [-0.15, -0.1) is 24.8 Å². The smallest absolute Gasteiger partial charge is 0.134 e. The lowest BCUT2D eigenvalue weighted by atomic mass is 9.95. The number of halogens is 3. The van der Waals surface area contributed by atoms with Crippen molar-refractivity contribution in [3.05, 3.63) is 28.8 Å². The van der Waals surface area contributed by atoms with Gasteiger partial charge in [-0.1, -0.05) is 31.5 Å². The first-order valence-corrected chi connectivity index (χ1v) is 7.89. The summed E-state index contributed by atoms with van der Waals surface area (Å²) >= 11 is 6.08. The quantitative estimate of drug-likeness (QED) is 0.813. The lowest BCUT2D eigenvalue weighted by Crippen LogP contribution is -2.45. The van der Waals surface area contributed by atoms with Crippen LogP contribution in [0.2, 0.25) is 5.02 Å². The van der Waals surface area contributed by atoms with Crippen LogP contribution in [0.25, 0.3) is 0 Å². The molecule has 0 aromatic heterocycles. The molecule has 0 radical (unpaired) electrons. The fourth-order valence-corrected chi connectivity index (χ4v) is 2.96. The Morgan fingerprint density at radius 1 is 1.18 bits per heavy atom. The zero-order chi connectivity index (χ0) is 14.5. The van der Waals surface area contributed by atoms with Gasteiger partial charge >= 0.3 is 0 Å². The molecule has 1 atom stereocenters.